The first-order valence-corrected chi connectivity index (χ1v) is 9.26. The van der Waals surface area contributed by atoms with Gasteiger partial charge in [-0.2, -0.15) is 0 Å². The highest BCUT2D eigenvalue weighted by Crippen LogP contribution is 2.39. The van der Waals surface area contributed by atoms with Crippen molar-refractivity contribution in [1.82, 2.24) is 15.6 Å². The van der Waals surface area contributed by atoms with E-state index in [1.807, 2.05) is 32.9 Å². The van der Waals surface area contributed by atoms with Crippen LogP contribution in [0.2, 0.25) is 0 Å². The molecule has 8 heteroatoms. The number of oxazole rings is 1. The molecule has 1 heterocycles. The van der Waals surface area contributed by atoms with Gasteiger partial charge in [-0.3, -0.25) is 0 Å². The van der Waals surface area contributed by atoms with E-state index < -0.39 is 0 Å². The second kappa shape index (κ2) is 10.4. The molecule has 1 aromatic heterocycles. The van der Waals surface area contributed by atoms with Crippen molar-refractivity contribution in [3.63, 3.8) is 0 Å². The van der Waals surface area contributed by atoms with Crippen molar-refractivity contribution < 1.29 is 18.6 Å². The summed E-state index contributed by atoms with van der Waals surface area (Å²) in [7, 11) is 4.83. The Bertz CT molecular complexity index is 782. The number of nitrogens with zero attached hydrogens (tertiary/aromatic N) is 2. The number of hydrogen-bond donors (Lipinski definition) is 2. The molecule has 0 aliphatic carbocycles. The Labute approximate surface area is 166 Å². The highest BCUT2D eigenvalue weighted by molar-refractivity contribution is 5.79. The van der Waals surface area contributed by atoms with Crippen LogP contribution in [0.15, 0.2) is 21.5 Å². The van der Waals surface area contributed by atoms with E-state index in [9.17, 15) is 0 Å². The van der Waals surface area contributed by atoms with E-state index in [2.05, 4.69) is 20.6 Å². The summed E-state index contributed by atoms with van der Waals surface area (Å²) in [5.41, 5.74) is 1.91. The first-order valence-electron chi connectivity index (χ1n) is 9.26. The maximum Gasteiger partial charge on any atom is 0.216 e. The third-order valence-corrected chi connectivity index (χ3v) is 4.26. The molecule has 2 rings (SSSR count). The molecule has 0 spiro atoms. The van der Waals surface area contributed by atoms with E-state index in [4.69, 9.17) is 18.6 Å². The van der Waals surface area contributed by atoms with Crippen LogP contribution in [0.5, 0.6) is 17.2 Å². The lowest BCUT2D eigenvalue weighted by Crippen LogP contribution is -2.38. The maximum atomic E-state index is 5.58. The predicted molar refractivity (Wildman–Crippen MR) is 109 cm³/mol. The normalized spacial score (nSPS) is 11.3. The van der Waals surface area contributed by atoms with Crippen LogP contribution in [0.1, 0.15) is 29.8 Å². The van der Waals surface area contributed by atoms with Crippen LogP contribution in [0, 0.1) is 13.8 Å². The van der Waals surface area contributed by atoms with Crippen molar-refractivity contribution in [2.45, 2.75) is 33.7 Å². The molecule has 8 nitrogen and oxygen atoms in total. The number of rotatable bonds is 9. The minimum atomic E-state index is 0.379. The van der Waals surface area contributed by atoms with Gasteiger partial charge < -0.3 is 29.3 Å². The van der Waals surface area contributed by atoms with Gasteiger partial charge in [-0.05, 0) is 33.3 Å². The van der Waals surface area contributed by atoms with Gasteiger partial charge in [-0.1, -0.05) is 6.07 Å². The Morgan fingerprint density at radius 3 is 2.39 bits per heavy atom. The van der Waals surface area contributed by atoms with E-state index in [0.717, 1.165) is 30.0 Å². The molecule has 0 aliphatic heterocycles. The first-order chi connectivity index (χ1) is 13.5. The van der Waals surface area contributed by atoms with Crippen LogP contribution in [0.25, 0.3) is 0 Å². The van der Waals surface area contributed by atoms with Crippen LogP contribution >= 0.6 is 0 Å². The standard InChI is InChI=1S/C20H30N4O4/c1-7-21-20(23-12-17-24-13(2)14(3)28-17)22-11-10-15-8-9-16(25-4)19(27-6)18(15)26-5/h8-9H,7,10-12H2,1-6H3,(H2,21,22,23). The third kappa shape index (κ3) is 5.31. The second-order valence-electron chi connectivity index (χ2n) is 6.11. The average molecular weight is 390 g/mol. The number of guanidine groups is 1. The van der Waals surface area contributed by atoms with Crippen molar-refractivity contribution in [3.05, 3.63) is 35.0 Å². The van der Waals surface area contributed by atoms with Gasteiger partial charge in [0.25, 0.3) is 0 Å². The zero-order chi connectivity index (χ0) is 20.5. The van der Waals surface area contributed by atoms with Crippen LogP contribution in [0.4, 0.5) is 0 Å². The smallest absolute Gasteiger partial charge is 0.216 e. The molecule has 0 aliphatic rings. The summed E-state index contributed by atoms with van der Waals surface area (Å²) in [4.78, 5) is 8.89. The van der Waals surface area contributed by atoms with E-state index >= 15 is 0 Å². The SMILES string of the molecule is CCNC(=NCc1nc(C)c(C)o1)NCCc1ccc(OC)c(OC)c1OC. The third-order valence-electron chi connectivity index (χ3n) is 4.26. The van der Waals surface area contributed by atoms with Gasteiger partial charge >= 0.3 is 0 Å². The number of methoxy groups -OCH3 is 3. The van der Waals surface area contributed by atoms with Crippen molar-refractivity contribution in [2.75, 3.05) is 34.4 Å². The molecule has 154 valence electrons. The molecule has 0 radical (unpaired) electrons. The van der Waals surface area contributed by atoms with Crippen molar-refractivity contribution in [3.8, 4) is 17.2 Å². The number of aryl methyl sites for hydroxylation is 2. The molecule has 0 saturated carbocycles. The number of benzene rings is 1. The second-order valence-corrected chi connectivity index (χ2v) is 6.11. The van der Waals surface area contributed by atoms with Gasteiger partial charge in [0.15, 0.2) is 17.5 Å². The Hall–Kier alpha value is -2.90. The zero-order valence-corrected chi connectivity index (χ0v) is 17.5. The topological polar surface area (TPSA) is 90.1 Å². The van der Waals surface area contributed by atoms with Crippen molar-refractivity contribution in [1.29, 1.82) is 0 Å². The average Bonchev–Trinajstić information content (AvgIpc) is 3.02. The largest absolute Gasteiger partial charge is 0.493 e. The van der Waals surface area contributed by atoms with Gasteiger partial charge in [0.1, 0.15) is 12.3 Å². The Morgan fingerprint density at radius 2 is 1.82 bits per heavy atom. The fraction of sp³-hybridized carbons (Fsp3) is 0.500. The lowest BCUT2D eigenvalue weighted by atomic mass is 10.1. The summed E-state index contributed by atoms with van der Waals surface area (Å²) >= 11 is 0. The first kappa shape index (κ1) is 21.4. The summed E-state index contributed by atoms with van der Waals surface area (Å²) in [5, 5.41) is 6.54. The van der Waals surface area contributed by atoms with Crippen LogP contribution in [0.3, 0.4) is 0 Å². The van der Waals surface area contributed by atoms with Gasteiger partial charge in [0, 0.05) is 18.7 Å². The summed E-state index contributed by atoms with van der Waals surface area (Å²) in [6.45, 7) is 7.65. The number of aromatic nitrogens is 1. The lowest BCUT2D eigenvalue weighted by molar-refractivity contribution is 0.322. The lowest BCUT2D eigenvalue weighted by Gasteiger charge is -2.16. The highest BCUT2D eigenvalue weighted by Gasteiger charge is 2.15. The monoisotopic (exact) mass is 390 g/mol. The minimum absolute atomic E-state index is 0.379. The van der Waals surface area contributed by atoms with Crippen LogP contribution < -0.4 is 24.8 Å². The van der Waals surface area contributed by atoms with Gasteiger partial charge in [-0.25, -0.2) is 9.98 Å². The van der Waals surface area contributed by atoms with Crippen molar-refractivity contribution >= 4 is 5.96 Å². The quantitative estimate of drug-likeness (QED) is 0.502. The molecule has 0 fully saturated rings. The molecule has 28 heavy (non-hydrogen) atoms. The summed E-state index contributed by atoms with van der Waals surface area (Å²) < 4.78 is 21.9. The number of hydrogen-bond acceptors (Lipinski definition) is 6. The highest BCUT2D eigenvalue weighted by atomic mass is 16.5. The van der Waals surface area contributed by atoms with Gasteiger partial charge in [0.05, 0.1) is 27.0 Å². The fourth-order valence-corrected chi connectivity index (χ4v) is 2.77. The number of ether oxygens (including phenoxy) is 3. The summed E-state index contributed by atoms with van der Waals surface area (Å²) in [6, 6.07) is 3.85. The molecule has 0 bridgehead atoms. The van der Waals surface area contributed by atoms with Gasteiger partial charge in [-0.15, -0.1) is 0 Å². The molecule has 1 aromatic carbocycles. The molecule has 0 atom stereocenters. The summed E-state index contributed by atoms with van der Waals surface area (Å²) in [6.07, 6.45) is 0.727. The van der Waals surface area contributed by atoms with E-state index in [0.29, 0.717) is 42.2 Å². The van der Waals surface area contributed by atoms with Gasteiger partial charge in [0.2, 0.25) is 11.6 Å². The molecule has 2 aromatic rings. The Kier molecular flexibility index (Phi) is 7.98. The Balaban J connectivity index is 2.03. The van der Waals surface area contributed by atoms with E-state index in [-0.39, 0.29) is 0 Å². The molecular weight excluding hydrogens is 360 g/mol. The summed E-state index contributed by atoms with van der Waals surface area (Å²) in [5.74, 6) is 4.05. The predicted octanol–water partition coefficient (Wildman–Crippen LogP) is 2.62. The number of nitrogens with one attached hydrogen (secondary N) is 2. The minimum Gasteiger partial charge on any atom is -0.493 e. The maximum absolute atomic E-state index is 5.58. The molecule has 0 saturated heterocycles. The fourth-order valence-electron chi connectivity index (χ4n) is 2.77. The molecule has 2 N–H and O–H groups in total. The van der Waals surface area contributed by atoms with Crippen molar-refractivity contribution in [2.24, 2.45) is 4.99 Å². The van der Waals surface area contributed by atoms with E-state index in [1.54, 1.807) is 21.3 Å². The molecule has 0 unspecified atom stereocenters. The Morgan fingerprint density at radius 1 is 1.07 bits per heavy atom. The zero-order valence-electron chi connectivity index (χ0n) is 17.5. The van der Waals surface area contributed by atoms with Crippen LogP contribution in [-0.4, -0.2) is 45.4 Å². The van der Waals surface area contributed by atoms with E-state index in [1.165, 1.54) is 0 Å². The number of aliphatic imine (C=N–C) groups is 1. The van der Waals surface area contributed by atoms with Crippen LogP contribution in [-0.2, 0) is 13.0 Å². The molecular formula is C20H30N4O4. The molecule has 0 amide bonds.